The van der Waals surface area contributed by atoms with Crippen LogP contribution in [0.5, 0.6) is 0 Å². The molecule has 2 fully saturated rings. The number of esters is 1. The minimum atomic E-state index is -3.56. The van der Waals surface area contributed by atoms with Gasteiger partial charge < -0.3 is 4.74 Å². The predicted octanol–water partition coefficient (Wildman–Crippen LogP) is -0.0131. The quantitative estimate of drug-likeness (QED) is 0.533. The summed E-state index contributed by atoms with van der Waals surface area (Å²) < 4.78 is 32.4. The zero-order chi connectivity index (χ0) is 13.5. The van der Waals surface area contributed by atoms with Crippen LogP contribution in [0.3, 0.4) is 0 Å². The second kappa shape index (κ2) is 4.79. The normalized spacial score (nSPS) is 36.6. The second-order valence-electron chi connectivity index (χ2n) is 5.09. The lowest BCUT2D eigenvalue weighted by Gasteiger charge is -2.40. The van der Waals surface area contributed by atoms with Crippen LogP contribution in [0, 0.1) is 5.92 Å². The van der Waals surface area contributed by atoms with Crippen molar-refractivity contribution in [1.29, 1.82) is 0 Å². The average Bonchev–Trinajstić information content (AvgIpc) is 2.50. The minimum Gasteiger partial charge on any atom is -0.469 e. The van der Waals surface area contributed by atoms with Gasteiger partial charge in [-0.1, -0.05) is 0 Å². The first kappa shape index (κ1) is 13.8. The molecule has 2 aliphatic rings. The average molecular weight is 277 g/mol. The smallest absolute Gasteiger partial charge is 0.312 e. The van der Waals surface area contributed by atoms with E-state index < -0.39 is 22.1 Å². The maximum Gasteiger partial charge on any atom is 0.312 e. The molecule has 104 valence electrons. The van der Waals surface area contributed by atoms with Crippen molar-refractivity contribution in [3.8, 4) is 0 Å². The Balaban J connectivity index is 2.25. The number of rotatable bonds is 3. The Bertz CT molecular complexity index is 435. The Morgan fingerprint density at radius 1 is 1.33 bits per heavy atom. The molecule has 0 aromatic carbocycles. The third-order valence-corrected chi connectivity index (χ3v) is 4.58. The van der Waals surface area contributed by atoms with Gasteiger partial charge in [0.1, 0.15) is 0 Å². The molecule has 0 amide bonds. The van der Waals surface area contributed by atoms with Gasteiger partial charge in [-0.3, -0.25) is 13.9 Å². The maximum absolute atomic E-state index is 11.9. The van der Waals surface area contributed by atoms with E-state index in [-0.39, 0.29) is 12.0 Å². The van der Waals surface area contributed by atoms with Crippen LogP contribution in [0.2, 0.25) is 0 Å². The number of hydrogen-bond acceptors (Lipinski definition) is 6. The first-order chi connectivity index (χ1) is 8.33. The van der Waals surface area contributed by atoms with Gasteiger partial charge in [-0.15, -0.1) is 0 Å². The van der Waals surface area contributed by atoms with Crippen LogP contribution in [0.1, 0.15) is 19.3 Å². The summed E-state index contributed by atoms with van der Waals surface area (Å²) in [5.74, 6) is -0.908. The number of carbonyl (C=O) groups excluding carboxylic acids is 1. The van der Waals surface area contributed by atoms with Gasteiger partial charge >= 0.3 is 5.97 Å². The highest BCUT2D eigenvalue weighted by Gasteiger charge is 2.50. The molecule has 4 atom stereocenters. The van der Waals surface area contributed by atoms with E-state index in [1.54, 1.807) is 0 Å². The van der Waals surface area contributed by atoms with Crippen molar-refractivity contribution in [3.05, 3.63) is 0 Å². The summed E-state index contributed by atoms with van der Waals surface area (Å²) in [6, 6.07) is 0.311. The van der Waals surface area contributed by atoms with Crippen molar-refractivity contribution >= 4 is 16.1 Å². The molecule has 7 heteroatoms. The molecule has 0 saturated carbocycles. The summed E-state index contributed by atoms with van der Waals surface area (Å²) >= 11 is 0. The van der Waals surface area contributed by atoms with Gasteiger partial charge in [-0.2, -0.15) is 8.42 Å². The summed E-state index contributed by atoms with van der Waals surface area (Å²) in [7, 11) is -0.274. The Hall–Kier alpha value is -0.660. The SMILES string of the molecule is COC(=O)[C@H]1[C@@H](OS(C)(=O)=O)C[C@@H]2CC[C@H]1N2C. The summed E-state index contributed by atoms with van der Waals surface area (Å²) in [6.45, 7) is 0. The van der Waals surface area contributed by atoms with Gasteiger partial charge in [0.2, 0.25) is 0 Å². The van der Waals surface area contributed by atoms with Gasteiger partial charge in [0.25, 0.3) is 10.1 Å². The number of nitrogens with zero attached hydrogens (tertiary/aromatic N) is 1. The molecule has 0 radical (unpaired) electrons. The van der Waals surface area contributed by atoms with E-state index in [1.807, 2.05) is 7.05 Å². The molecule has 2 bridgehead atoms. The second-order valence-corrected chi connectivity index (χ2v) is 6.69. The van der Waals surface area contributed by atoms with Crippen molar-refractivity contribution in [2.75, 3.05) is 20.4 Å². The fraction of sp³-hybridized carbons (Fsp3) is 0.909. The van der Waals surface area contributed by atoms with E-state index in [4.69, 9.17) is 8.92 Å². The number of fused-ring (bicyclic) bond motifs is 2. The molecule has 2 saturated heterocycles. The fourth-order valence-electron chi connectivity index (χ4n) is 3.19. The van der Waals surface area contributed by atoms with Crippen LogP contribution < -0.4 is 0 Å². The largest absolute Gasteiger partial charge is 0.469 e. The molecular formula is C11H19NO5S. The molecule has 0 unspecified atom stereocenters. The lowest BCUT2D eigenvalue weighted by atomic mass is 9.88. The molecule has 6 nitrogen and oxygen atoms in total. The molecule has 0 aromatic heterocycles. The fourth-order valence-corrected chi connectivity index (χ4v) is 3.84. The van der Waals surface area contributed by atoms with Crippen molar-refractivity contribution in [3.63, 3.8) is 0 Å². The Morgan fingerprint density at radius 2 is 2.00 bits per heavy atom. The van der Waals surface area contributed by atoms with Gasteiger partial charge in [-0.05, 0) is 26.3 Å². The molecule has 0 spiro atoms. The zero-order valence-corrected chi connectivity index (χ0v) is 11.6. The first-order valence-electron chi connectivity index (χ1n) is 6.01. The van der Waals surface area contributed by atoms with Crippen LogP contribution in [0.4, 0.5) is 0 Å². The number of hydrogen-bond donors (Lipinski definition) is 0. The highest BCUT2D eigenvalue weighted by Crippen LogP contribution is 2.40. The summed E-state index contributed by atoms with van der Waals surface area (Å²) in [5.41, 5.74) is 0. The van der Waals surface area contributed by atoms with Crippen LogP contribution in [-0.2, 0) is 23.8 Å². The number of methoxy groups -OCH3 is 1. The van der Waals surface area contributed by atoms with Crippen molar-refractivity contribution in [2.24, 2.45) is 5.92 Å². The molecule has 2 heterocycles. The molecule has 18 heavy (non-hydrogen) atoms. The van der Waals surface area contributed by atoms with E-state index in [1.165, 1.54) is 7.11 Å². The maximum atomic E-state index is 11.9. The van der Waals surface area contributed by atoms with Gasteiger partial charge in [-0.25, -0.2) is 0 Å². The Labute approximate surface area is 107 Å². The van der Waals surface area contributed by atoms with E-state index in [0.717, 1.165) is 19.1 Å². The van der Waals surface area contributed by atoms with Crippen molar-refractivity contribution < 1.29 is 22.1 Å². The monoisotopic (exact) mass is 277 g/mol. The summed E-state index contributed by atoms with van der Waals surface area (Å²) in [6.07, 6.45) is 2.82. The minimum absolute atomic E-state index is 0.0166. The molecule has 0 N–H and O–H groups in total. The lowest BCUT2D eigenvalue weighted by molar-refractivity contribution is -0.154. The van der Waals surface area contributed by atoms with Gasteiger partial charge in [0, 0.05) is 12.1 Å². The molecule has 2 aliphatic heterocycles. The Morgan fingerprint density at radius 3 is 2.56 bits per heavy atom. The van der Waals surface area contributed by atoms with Crippen molar-refractivity contribution in [2.45, 2.75) is 37.5 Å². The Kier molecular flexibility index (Phi) is 3.66. The third-order valence-electron chi connectivity index (χ3n) is 3.99. The number of piperidine rings is 1. The first-order valence-corrected chi connectivity index (χ1v) is 7.83. The van der Waals surface area contributed by atoms with Crippen LogP contribution in [0.25, 0.3) is 0 Å². The summed E-state index contributed by atoms with van der Waals surface area (Å²) in [4.78, 5) is 14.0. The number of carbonyl (C=O) groups is 1. The van der Waals surface area contributed by atoms with Crippen LogP contribution >= 0.6 is 0 Å². The highest BCUT2D eigenvalue weighted by molar-refractivity contribution is 7.86. The van der Waals surface area contributed by atoms with E-state index in [0.29, 0.717) is 12.5 Å². The topological polar surface area (TPSA) is 72.9 Å². The van der Waals surface area contributed by atoms with Crippen LogP contribution in [0.15, 0.2) is 0 Å². The molecule has 0 aromatic rings. The highest BCUT2D eigenvalue weighted by atomic mass is 32.2. The van der Waals surface area contributed by atoms with E-state index in [9.17, 15) is 13.2 Å². The van der Waals surface area contributed by atoms with Crippen molar-refractivity contribution in [1.82, 2.24) is 4.90 Å². The summed E-state index contributed by atoms with van der Waals surface area (Å²) in [5, 5.41) is 0. The third kappa shape index (κ3) is 2.53. The van der Waals surface area contributed by atoms with Gasteiger partial charge in [0.15, 0.2) is 0 Å². The zero-order valence-electron chi connectivity index (χ0n) is 10.8. The lowest BCUT2D eigenvalue weighted by Crippen LogP contribution is -2.53. The van der Waals surface area contributed by atoms with E-state index >= 15 is 0 Å². The van der Waals surface area contributed by atoms with Crippen LogP contribution in [-0.4, -0.2) is 57.9 Å². The van der Waals surface area contributed by atoms with E-state index in [2.05, 4.69) is 4.90 Å². The number of ether oxygens (including phenoxy) is 1. The molecular weight excluding hydrogens is 258 g/mol. The standard InChI is InChI=1S/C11H19NO5S/c1-12-7-4-5-8(12)10(11(13)16-2)9(6-7)17-18(3,14)15/h7-10H,4-6H2,1-3H3/t7-,8+,9-,10+/m0/s1. The predicted molar refractivity (Wildman–Crippen MR) is 64.4 cm³/mol. The molecule has 2 rings (SSSR count). The molecule has 0 aliphatic carbocycles. The van der Waals surface area contributed by atoms with Gasteiger partial charge in [0.05, 0.1) is 25.4 Å².